The van der Waals surface area contributed by atoms with Gasteiger partial charge in [0, 0.05) is 31.8 Å². The molecule has 0 bridgehead atoms. The summed E-state index contributed by atoms with van der Waals surface area (Å²) in [5.74, 6) is 2.81. The minimum Gasteiger partial charge on any atom is -0.371 e. The van der Waals surface area contributed by atoms with Crippen molar-refractivity contribution in [3.63, 3.8) is 0 Å². The summed E-state index contributed by atoms with van der Waals surface area (Å²) in [5.41, 5.74) is 0. The normalized spacial score (nSPS) is 13.3. The SMILES string of the molecule is CCCCC(CC)CNC(=S)SCC(CC)CCCC.[Zn]. The van der Waals surface area contributed by atoms with Crippen molar-refractivity contribution in [3.8, 4) is 0 Å². The Bertz CT molecular complexity index is 215. The number of hydrogen-bond donors (Lipinski definition) is 1. The van der Waals surface area contributed by atoms with Gasteiger partial charge in [-0.2, -0.15) is 0 Å². The Hall–Kier alpha value is 0.863. The first-order valence-electron chi connectivity index (χ1n) is 8.58. The van der Waals surface area contributed by atoms with E-state index in [0.717, 1.165) is 22.7 Å². The zero-order valence-corrected chi connectivity index (χ0v) is 19.3. The molecule has 0 aliphatic rings. The average molecular weight is 383 g/mol. The van der Waals surface area contributed by atoms with Crippen LogP contribution in [0.2, 0.25) is 0 Å². The van der Waals surface area contributed by atoms with Crippen molar-refractivity contribution in [2.24, 2.45) is 11.8 Å². The van der Waals surface area contributed by atoms with Gasteiger partial charge in [-0.3, -0.25) is 0 Å². The fraction of sp³-hybridized carbons (Fsp3) is 0.941. The van der Waals surface area contributed by atoms with Crippen LogP contribution in [0, 0.1) is 11.8 Å². The van der Waals surface area contributed by atoms with E-state index in [9.17, 15) is 0 Å². The van der Waals surface area contributed by atoms with Crippen molar-refractivity contribution in [2.45, 2.75) is 79.1 Å². The van der Waals surface area contributed by atoms with Gasteiger partial charge in [-0.25, -0.2) is 0 Å². The summed E-state index contributed by atoms with van der Waals surface area (Å²) in [6.07, 6.45) is 10.5. The molecule has 0 aromatic carbocycles. The zero-order valence-electron chi connectivity index (χ0n) is 14.7. The number of thioether (sulfide) groups is 1. The maximum atomic E-state index is 5.46. The third-order valence-corrected chi connectivity index (χ3v) is 5.61. The molecule has 2 atom stereocenters. The minimum atomic E-state index is 0. The summed E-state index contributed by atoms with van der Waals surface area (Å²) in [4.78, 5) is 0. The molecule has 0 aromatic rings. The van der Waals surface area contributed by atoms with Gasteiger partial charge in [0.15, 0.2) is 0 Å². The average Bonchev–Trinajstić information content (AvgIpc) is 2.47. The smallest absolute Gasteiger partial charge is 0.133 e. The van der Waals surface area contributed by atoms with E-state index < -0.39 is 0 Å². The molecule has 0 spiro atoms. The first-order valence-corrected chi connectivity index (χ1v) is 9.97. The standard InChI is InChI=1S/C17H35NS2.Zn/c1-5-9-11-15(7-3)13-18-17(19)20-14-16(8-4)12-10-6-2;/h15-16H,5-14H2,1-4H3,(H,18,19);. The van der Waals surface area contributed by atoms with Crippen LogP contribution in [0.4, 0.5) is 0 Å². The summed E-state index contributed by atoms with van der Waals surface area (Å²) in [7, 11) is 0. The van der Waals surface area contributed by atoms with E-state index in [1.165, 1.54) is 57.1 Å². The van der Waals surface area contributed by atoms with E-state index in [1.54, 1.807) is 0 Å². The molecule has 0 aliphatic carbocycles. The number of thiocarbonyl (C=S) groups is 1. The summed E-state index contributed by atoms with van der Waals surface area (Å²) >= 11 is 7.32. The molecule has 2 unspecified atom stereocenters. The third kappa shape index (κ3) is 14.2. The van der Waals surface area contributed by atoms with Crippen LogP contribution in [-0.2, 0) is 19.5 Å². The van der Waals surface area contributed by atoms with Gasteiger partial charge in [0.1, 0.15) is 4.32 Å². The molecule has 0 aromatic heterocycles. The molecule has 1 nitrogen and oxygen atoms in total. The Morgan fingerprint density at radius 1 is 0.952 bits per heavy atom. The molecule has 0 aliphatic heterocycles. The largest absolute Gasteiger partial charge is 0.371 e. The Balaban J connectivity index is 0. The zero-order chi connectivity index (χ0) is 15.2. The second kappa shape index (κ2) is 17.2. The molecule has 21 heavy (non-hydrogen) atoms. The van der Waals surface area contributed by atoms with Crippen LogP contribution in [-0.4, -0.2) is 16.6 Å². The maximum absolute atomic E-state index is 5.46. The van der Waals surface area contributed by atoms with E-state index >= 15 is 0 Å². The van der Waals surface area contributed by atoms with Crippen molar-refractivity contribution >= 4 is 28.3 Å². The first-order chi connectivity index (χ1) is 9.67. The van der Waals surface area contributed by atoms with Gasteiger partial charge in [-0.1, -0.05) is 90.2 Å². The van der Waals surface area contributed by atoms with E-state index in [1.807, 2.05) is 11.8 Å². The Labute approximate surface area is 155 Å². The van der Waals surface area contributed by atoms with E-state index in [4.69, 9.17) is 12.2 Å². The Morgan fingerprint density at radius 2 is 1.48 bits per heavy atom. The van der Waals surface area contributed by atoms with Gasteiger partial charge in [0.25, 0.3) is 0 Å². The third-order valence-electron chi connectivity index (χ3n) is 4.07. The number of nitrogens with one attached hydrogen (secondary N) is 1. The molecule has 0 saturated carbocycles. The fourth-order valence-electron chi connectivity index (χ4n) is 2.31. The monoisotopic (exact) mass is 381 g/mol. The molecule has 122 valence electrons. The maximum Gasteiger partial charge on any atom is 0.133 e. The summed E-state index contributed by atoms with van der Waals surface area (Å²) in [6, 6.07) is 0. The quantitative estimate of drug-likeness (QED) is 0.327. The van der Waals surface area contributed by atoms with E-state index in [2.05, 4.69) is 33.0 Å². The van der Waals surface area contributed by atoms with Gasteiger partial charge >= 0.3 is 0 Å². The van der Waals surface area contributed by atoms with Gasteiger partial charge in [0.2, 0.25) is 0 Å². The molecule has 0 fully saturated rings. The second-order valence-electron chi connectivity index (χ2n) is 5.81. The number of hydrogen-bond acceptors (Lipinski definition) is 2. The van der Waals surface area contributed by atoms with Crippen LogP contribution in [0.1, 0.15) is 79.1 Å². The fourth-order valence-corrected chi connectivity index (χ4v) is 3.58. The van der Waals surface area contributed by atoms with Gasteiger partial charge in [-0.05, 0) is 24.7 Å². The van der Waals surface area contributed by atoms with Crippen molar-refractivity contribution in [3.05, 3.63) is 0 Å². The van der Waals surface area contributed by atoms with Crippen molar-refractivity contribution in [1.82, 2.24) is 5.32 Å². The number of unbranched alkanes of at least 4 members (excludes halogenated alkanes) is 2. The molecule has 0 rings (SSSR count). The summed E-state index contributed by atoms with van der Waals surface area (Å²) in [5, 5.41) is 3.47. The van der Waals surface area contributed by atoms with E-state index in [-0.39, 0.29) is 19.5 Å². The molecular formula is C17H35NS2Zn. The van der Waals surface area contributed by atoms with Crippen LogP contribution in [0.3, 0.4) is 0 Å². The van der Waals surface area contributed by atoms with Crippen molar-refractivity contribution in [2.75, 3.05) is 12.3 Å². The van der Waals surface area contributed by atoms with Crippen LogP contribution in [0.15, 0.2) is 0 Å². The van der Waals surface area contributed by atoms with Gasteiger partial charge in [0.05, 0.1) is 0 Å². The molecule has 0 amide bonds. The Kier molecular flexibility index (Phi) is 19.8. The van der Waals surface area contributed by atoms with Crippen molar-refractivity contribution in [1.29, 1.82) is 0 Å². The summed E-state index contributed by atoms with van der Waals surface area (Å²) < 4.78 is 1.01. The molecule has 0 saturated heterocycles. The topological polar surface area (TPSA) is 12.0 Å². The van der Waals surface area contributed by atoms with Crippen LogP contribution < -0.4 is 5.32 Å². The first kappa shape index (κ1) is 24.1. The Morgan fingerprint density at radius 3 is 1.95 bits per heavy atom. The summed E-state index contributed by atoms with van der Waals surface area (Å²) in [6.45, 7) is 10.2. The van der Waals surface area contributed by atoms with Gasteiger partial charge in [-0.15, -0.1) is 0 Å². The van der Waals surface area contributed by atoms with Crippen LogP contribution in [0.5, 0.6) is 0 Å². The molecule has 0 heterocycles. The van der Waals surface area contributed by atoms with Gasteiger partial charge < -0.3 is 5.32 Å². The number of rotatable bonds is 12. The predicted molar refractivity (Wildman–Crippen MR) is 99.7 cm³/mol. The molecule has 1 N–H and O–H groups in total. The van der Waals surface area contributed by atoms with Crippen molar-refractivity contribution < 1.29 is 19.5 Å². The molecule has 0 radical (unpaired) electrons. The minimum absolute atomic E-state index is 0. The van der Waals surface area contributed by atoms with Crippen LogP contribution in [0.25, 0.3) is 0 Å². The predicted octanol–water partition coefficient (Wildman–Crippen LogP) is 6.02. The van der Waals surface area contributed by atoms with E-state index in [0.29, 0.717) is 0 Å². The molecule has 4 heteroatoms. The molecular weight excluding hydrogens is 348 g/mol. The van der Waals surface area contributed by atoms with Crippen LogP contribution >= 0.6 is 24.0 Å². The second-order valence-corrected chi connectivity index (χ2v) is 7.51.